The second-order valence-corrected chi connectivity index (χ2v) is 10.2. The topological polar surface area (TPSA) is 92.4 Å². The molecule has 1 heterocycles. The van der Waals surface area contributed by atoms with E-state index in [1.165, 1.54) is 0 Å². The number of aliphatic carboxylic acids is 1. The van der Waals surface area contributed by atoms with E-state index in [-0.39, 0.29) is 22.7 Å². The number of Topliss-reactive ketones (excluding diaryl/α,β-unsaturated/α-hetero) is 1. The molecular formula is C26H30Cl2N2O4. The molecule has 0 aliphatic heterocycles. The van der Waals surface area contributed by atoms with Crippen LogP contribution in [0.25, 0.3) is 0 Å². The van der Waals surface area contributed by atoms with Crippen molar-refractivity contribution in [1.82, 2.24) is 9.55 Å². The van der Waals surface area contributed by atoms with Gasteiger partial charge in [-0.15, -0.1) is 0 Å². The van der Waals surface area contributed by atoms with Crippen molar-refractivity contribution in [2.24, 2.45) is 11.8 Å². The van der Waals surface area contributed by atoms with Crippen LogP contribution in [0.5, 0.6) is 0 Å². The standard InChI is InChI=1S/C26H30Cl2N2O4/c1-26(2,34)15-13-21-23(22(31)12-7-17-3-8-19(9-4-17)24(32)33)30(25(28)29-21)16-14-18-5-10-20(27)11-6-18/h5-6,10-11,17,19,34H,3-4,7-9,12,14,16H2,1-2H3,(H,32,33). The predicted octanol–water partition coefficient (Wildman–Crippen LogP) is 5.41. The Morgan fingerprint density at radius 2 is 1.79 bits per heavy atom. The van der Waals surface area contributed by atoms with Crippen LogP contribution in [0.3, 0.4) is 0 Å². The quantitative estimate of drug-likeness (QED) is 0.370. The van der Waals surface area contributed by atoms with Crippen LogP contribution in [-0.2, 0) is 17.8 Å². The Hall–Kier alpha value is -2.33. The number of carboxylic acid groups (broad SMARTS) is 1. The molecule has 2 N–H and O–H groups in total. The van der Waals surface area contributed by atoms with Crippen molar-refractivity contribution in [3.05, 3.63) is 51.5 Å². The summed E-state index contributed by atoms with van der Waals surface area (Å²) in [6.07, 6.45) is 4.55. The van der Waals surface area contributed by atoms with Gasteiger partial charge in [0.05, 0.1) is 5.92 Å². The van der Waals surface area contributed by atoms with Crippen LogP contribution in [0.4, 0.5) is 0 Å². The lowest BCUT2D eigenvalue weighted by atomic mass is 9.79. The van der Waals surface area contributed by atoms with Crippen molar-refractivity contribution in [3.63, 3.8) is 0 Å². The highest BCUT2D eigenvalue weighted by Crippen LogP contribution is 2.32. The maximum Gasteiger partial charge on any atom is 0.306 e. The summed E-state index contributed by atoms with van der Waals surface area (Å²) in [5.41, 5.74) is 0.437. The summed E-state index contributed by atoms with van der Waals surface area (Å²) in [6.45, 7) is 3.57. The molecule has 0 radical (unpaired) electrons. The van der Waals surface area contributed by atoms with Gasteiger partial charge in [-0.05, 0) is 93.5 Å². The normalized spacial score (nSPS) is 18.3. The van der Waals surface area contributed by atoms with Crippen LogP contribution in [0.15, 0.2) is 24.3 Å². The van der Waals surface area contributed by atoms with Gasteiger partial charge in [-0.1, -0.05) is 29.7 Å². The molecule has 6 nitrogen and oxygen atoms in total. The van der Waals surface area contributed by atoms with Crippen LogP contribution in [0.2, 0.25) is 10.3 Å². The zero-order chi connectivity index (χ0) is 24.9. The Morgan fingerprint density at radius 3 is 2.38 bits per heavy atom. The molecule has 0 spiro atoms. The molecule has 0 saturated heterocycles. The molecule has 8 heteroatoms. The molecule has 34 heavy (non-hydrogen) atoms. The second-order valence-electron chi connectivity index (χ2n) is 9.43. The lowest BCUT2D eigenvalue weighted by Gasteiger charge is -2.25. The predicted molar refractivity (Wildman–Crippen MR) is 132 cm³/mol. The number of benzene rings is 1. The largest absolute Gasteiger partial charge is 0.481 e. The van der Waals surface area contributed by atoms with E-state index in [4.69, 9.17) is 23.2 Å². The lowest BCUT2D eigenvalue weighted by molar-refractivity contribution is -0.143. The van der Waals surface area contributed by atoms with Crippen LogP contribution < -0.4 is 0 Å². The minimum absolute atomic E-state index is 0.101. The van der Waals surface area contributed by atoms with Crippen LogP contribution in [0, 0.1) is 23.7 Å². The third-order valence-electron chi connectivity index (χ3n) is 6.18. The van der Waals surface area contributed by atoms with Crippen molar-refractivity contribution in [1.29, 1.82) is 0 Å². The molecule has 1 aliphatic carbocycles. The fourth-order valence-electron chi connectivity index (χ4n) is 4.26. The number of rotatable bonds is 8. The third-order valence-corrected chi connectivity index (χ3v) is 6.73. The smallest absolute Gasteiger partial charge is 0.306 e. The molecule has 1 aliphatic rings. The van der Waals surface area contributed by atoms with Gasteiger partial charge in [0, 0.05) is 18.0 Å². The first-order valence-electron chi connectivity index (χ1n) is 11.6. The van der Waals surface area contributed by atoms with Crippen LogP contribution in [0.1, 0.15) is 74.1 Å². The maximum absolute atomic E-state index is 13.3. The van der Waals surface area contributed by atoms with Gasteiger partial charge in [-0.25, -0.2) is 4.98 Å². The summed E-state index contributed by atoms with van der Waals surface area (Å²) in [5, 5.41) is 20.0. The first kappa shape index (κ1) is 26.3. The minimum atomic E-state index is -1.23. The molecule has 0 unspecified atom stereocenters. The zero-order valence-electron chi connectivity index (χ0n) is 19.5. The van der Waals surface area contributed by atoms with E-state index in [2.05, 4.69) is 16.8 Å². The third kappa shape index (κ3) is 7.33. The molecule has 1 fully saturated rings. The molecule has 182 valence electrons. The van der Waals surface area contributed by atoms with Gasteiger partial charge >= 0.3 is 5.97 Å². The number of aryl methyl sites for hydroxylation is 1. The summed E-state index contributed by atoms with van der Waals surface area (Å²) in [6, 6.07) is 7.49. The Labute approximate surface area is 210 Å². The molecule has 3 rings (SSSR count). The highest BCUT2D eigenvalue weighted by Gasteiger charge is 2.27. The van der Waals surface area contributed by atoms with Crippen molar-refractivity contribution in [2.75, 3.05) is 0 Å². The van der Waals surface area contributed by atoms with Crippen molar-refractivity contribution in [3.8, 4) is 11.8 Å². The number of hydrogen-bond donors (Lipinski definition) is 2. The average Bonchev–Trinajstić information content (AvgIpc) is 3.10. The van der Waals surface area contributed by atoms with Gasteiger partial charge < -0.3 is 14.8 Å². The van der Waals surface area contributed by atoms with E-state index in [1.54, 1.807) is 18.4 Å². The van der Waals surface area contributed by atoms with E-state index in [9.17, 15) is 19.8 Å². The van der Waals surface area contributed by atoms with E-state index in [1.807, 2.05) is 24.3 Å². The summed E-state index contributed by atoms with van der Waals surface area (Å²) in [4.78, 5) is 28.8. The summed E-state index contributed by atoms with van der Waals surface area (Å²) >= 11 is 12.4. The van der Waals surface area contributed by atoms with Gasteiger partial charge in [-0.2, -0.15) is 0 Å². The van der Waals surface area contributed by atoms with Crippen LogP contribution >= 0.6 is 23.2 Å². The van der Waals surface area contributed by atoms with E-state index < -0.39 is 11.6 Å². The number of carbonyl (C=O) groups excluding carboxylic acids is 1. The summed E-state index contributed by atoms with van der Waals surface area (Å²) in [5.74, 6) is 4.78. The number of imidazole rings is 1. The number of aromatic nitrogens is 2. The molecule has 2 aromatic rings. The molecule has 0 atom stereocenters. The van der Waals surface area contributed by atoms with E-state index in [0.717, 1.165) is 18.4 Å². The van der Waals surface area contributed by atoms with Gasteiger partial charge in [0.2, 0.25) is 5.28 Å². The maximum atomic E-state index is 13.3. The van der Waals surface area contributed by atoms with Gasteiger partial charge in [0.25, 0.3) is 0 Å². The summed E-state index contributed by atoms with van der Waals surface area (Å²) < 4.78 is 1.69. The first-order valence-corrected chi connectivity index (χ1v) is 12.3. The Bertz CT molecular complexity index is 1080. The SMILES string of the molecule is CC(C)(O)C#Cc1nc(Cl)n(CCc2ccc(Cl)cc2)c1C(=O)CCC1CCC(C(=O)O)CC1. The van der Waals surface area contributed by atoms with E-state index >= 15 is 0 Å². The number of hydrogen-bond acceptors (Lipinski definition) is 4. The lowest BCUT2D eigenvalue weighted by Crippen LogP contribution is -2.22. The summed E-state index contributed by atoms with van der Waals surface area (Å²) in [7, 11) is 0. The fourth-order valence-corrected chi connectivity index (χ4v) is 4.63. The van der Waals surface area contributed by atoms with Crippen molar-refractivity contribution >= 4 is 35.0 Å². The van der Waals surface area contributed by atoms with E-state index in [0.29, 0.717) is 55.3 Å². The first-order chi connectivity index (χ1) is 16.0. The fraction of sp³-hybridized carbons (Fsp3) is 0.500. The Kier molecular flexibility index (Phi) is 8.81. The molecule has 1 saturated carbocycles. The minimum Gasteiger partial charge on any atom is -0.481 e. The number of ketones is 1. The Morgan fingerprint density at radius 1 is 1.15 bits per heavy atom. The second kappa shape index (κ2) is 11.4. The zero-order valence-corrected chi connectivity index (χ0v) is 21.0. The van der Waals surface area contributed by atoms with Gasteiger partial charge in [0.1, 0.15) is 17.0 Å². The highest BCUT2D eigenvalue weighted by molar-refractivity contribution is 6.30. The molecule has 0 amide bonds. The van der Waals surface area contributed by atoms with Crippen molar-refractivity contribution in [2.45, 2.75) is 70.9 Å². The number of aliphatic hydroxyl groups is 1. The molecular weight excluding hydrogens is 475 g/mol. The molecule has 1 aromatic heterocycles. The van der Waals surface area contributed by atoms with Gasteiger partial charge in [-0.3, -0.25) is 9.59 Å². The average molecular weight is 505 g/mol. The van der Waals surface area contributed by atoms with Gasteiger partial charge in [0.15, 0.2) is 5.78 Å². The number of carbonyl (C=O) groups is 2. The number of nitrogens with zero attached hydrogens (tertiary/aromatic N) is 2. The number of carboxylic acids is 1. The van der Waals surface area contributed by atoms with Crippen LogP contribution in [-0.4, -0.2) is 37.1 Å². The molecule has 1 aromatic carbocycles. The van der Waals surface area contributed by atoms with Crippen molar-refractivity contribution < 1.29 is 19.8 Å². The number of halogens is 2. The molecule has 0 bridgehead atoms. The highest BCUT2D eigenvalue weighted by atomic mass is 35.5. The monoisotopic (exact) mass is 504 g/mol. The Balaban J connectivity index is 1.77.